The van der Waals surface area contributed by atoms with Gasteiger partial charge < -0.3 is 5.73 Å². The highest BCUT2D eigenvalue weighted by atomic mass is 79.9. The van der Waals surface area contributed by atoms with E-state index in [4.69, 9.17) is 5.73 Å². The van der Waals surface area contributed by atoms with E-state index < -0.39 is 0 Å². The number of carbonyl (C=O) groups is 1. The van der Waals surface area contributed by atoms with Gasteiger partial charge in [-0.1, -0.05) is 12.8 Å². The van der Waals surface area contributed by atoms with E-state index in [2.05, 4.69) is 20.9 Å². The highest BCUT2D eigenvalue weighted by Crippen LogP contribution is 2.29. The third-order valence-corrected chi connectivity index (χ3v) is 3.31. The first-order chi connectivity index (χ1) is 7.18. The Balaban J connectivity index is 2.27. The van der Waals surface area contributed by atoms with E-state index in [1.54, 1.807) is 12.3 Å². The smallest absolute Gasteiger partial charge is 0.169 e. The molecule has 1 aromatic heterocycles. The zero-order chi connectivity index (χ0) is 10.8. The number of ketones is 1. The van der Waals surface area contributed by atoms with Crippen LogP contribution in [0.25, 0.3) is 0 Å². The van der Waals surface area contributed by atoms with Crippen molar-refractivity contribution in [2.45, 2.75) is 25.7 Å². The van der Waals surface area contributed by atoms with Gasteiger partial charge in [0.2, 0.25) is 0 Å². The molecular formula is C11H13BrN2O. The Labute approximate surface area is 97.2 Å². The molecule has 0 bridgehead atoms. The molecule has 3 nitrogen and oxygen atoms in total. The number of rotatable bonds is 2. The highest BCUT2D eigenvalue weighted by Gasteiger charge is 2.25. The van der Waals surface area contributed by atoms with Crippen LogP contribution in [0.4, 0.5) is 5.82 Å². The molecule has 1 aliphatic carbocycles. The van der Waals surface area contributed by atoms with Gasteiger partial charge in [-0.3, -0.25) is 4.79 Å². The Kier molecular flexibility index (Phi) is 3.05. The van der Waals surface area contributed by atoms with Gasteiger partial charge in [0, 0.05) is 16.6 Å². The van der Waals surface area contributed by atoms with Crippen molar-refractivity contribution in [1.29, 1.82) is 0 Å². The molecule has 1 fully saturated rings. The molecule has 0 unspecified atom stereocenters. The summed E-state index contributed by atoms with van der Waals surface area (Å²) in [4.78, 5) is 16.1. The number of pyridine rings is 1. The monoisotopic (exact) mass is 268 g/mol. The third-order valence-electron chi connectivity index (χ3n) is 2.88. The number of carbonyl (C=O) groups excluding carboxylic acids is 1. The molecule has 0 saturated heterocycles. The van der Waals surface area contributed by atoms with Gasteiger partial charge >= 0.3 is 0 Å². The molecular weight excluding hydrogens is 256 g/mol. The number of halogens is 1. The molecule has 0 radical (unpaired) electrons. The summed E-state index contributed by atoms with van der Waals surface area (Å²) in [5, 5.41) is 0. The van der Waals surface area contributed by atoms with Crippen molar-refractivity contribution < 1.29 is 4.79 Å². The van der Waals surface area contributed by atoms with Gasteiger partial charge in [-0.2, -0.15) is 0 Å². The van der Waals surface area contributed by atoms with Crippen molar-refractivity contribution in [3.05, 3.63) is 22.3 Å². The Morgan fingerprint density at radius 2 is 2.13 bits per heavy atom. The summed E-state index contributed by atoms with van der Waals surface area (Å²) in [6.07, 6.45) is 5.89. The summed E-state index contributed by atoms with van der Waals surface area (Å²) in [6.45, 7) is 0. The molecule has 1 aromatic rings. The molecule has 80 valence electrons. The van der Waals surface area contributed by atoms with Gasteiger partial charge in [-0.15, -0.1) is 0 Å². The molecule has 0 aliphatic heterocycles. The van der Waals surface area contributed by atoms with Crippen LogP contribution in [0.2, 0.25) is 0 Å². The molecule has 0 spiro atoms. The lowest BCUT2D eigenvalue weighted by atomic mass is 9.97. The van der Waals surface area contributed by atoms with Crippen LogP contribution >= 0.6 is 15.9 Å². The average molecular weight is 269 g/mol. The van der Waals surface area contributed by atoms with Gasteiger partial charge in [-0.05, 0) is 34.8 Å². The predicted molar refractivity (Wildman–Crippen MR) is 62.6 cm³/mol. The molecule has 1 heterocycles. The second-order valence-electron chi connectivity index (χ2n) is 3.93. The van der Waals surface area contributed by atoms with Crippen molar-refractivity contribution in [3.63, 3.8) is 0 Å². The summed E-state index contributed by atoms with van der Waals surface area (Å²) < 4.78 is 0.804. The van der Waals surface area contributed by atoms with Crippen LogP contribution in [0.5, 0.6) is 0 Å². The van der Waals surface area contributed by atoms with Crippen LogP contribution in [-0.4, -0.2) is 10.8 Å². The Bertz CT molecular complexity index is 386. The van der Waals surface area contributed by atoms with E-state index in [9.17, 15) is 4.79 Å². The maximum atomic E-state index is 12.1. The summed E-state index contributed by atoms with van der Waals surface area (Å²) in [7, 11) is 0. The van der Waals surface area contributed by atoms with E-state index >= 15 is 0 Å². The Morgan fingerprint density at radius 1 is 1.47 bits per heavy atom. The maximum absolute atomic E-state index is 12.1. The van der Waals surface area contributed by atoms with E-state index in [1.165, 1.54) is 0 Å². The van der Waals surface area contributed by atoms with Crippen LogP contribution in [0, 0.1) is 5.92 Å². The maximum Gasteiger partial charge on any atom is 0.169 e. The number of nitrogens with two attached hydrogens (primary N) is 1. The van der Waals surface area contributed by atoms with Crippen molar-refractivity contribution >= 4 is 27.5 Å². The lowest BCUT2D eigenvalue weighted by molar-refractivity contribution is 0.0923. The molecule has 0 atom stereocenters. The number of nitrogen functional groups attached to an aromatic ring is 1. The SMILES string of the molecule is Nc1ncc(Br)cc1C(=O)C1CCCC1. The third kappa shape index (κ3) is 2.20. The van der Waals surface area contributed by atoms with Gasteiger partial charge in [0.15, 0.2) is 5.78 Å². The largest absolute Gasteiger partial charge is 0.383 e. The molecule has 1 saturated carbocycles. The van der Waals surface area contributed by atoms with Crippen LogP contribution in [0.15, 0.2) is 16.7 Å². The van der Waals surface area contributed by atoms with Crippen molar-refractivity contribution in [3.8, 4) is 0 Å². The standard InChI is InChI=1S/C11H13BrN2O/c12-8-5-9(11(13)14-6-8)10(15)7-3-1-2-4-7/h5-7H,1-4H2,(H2,13,14). The van der Waals surface area contributed by atoms with Crippen LogP contribution in [0.1, 0.15) is 36.0 Å². The number of Topliss-reactive ketones (excluding diaryl/α,β-unsaturated/α-hetero) is 1. The van der Waals surface area contributed by atoms with Crippen molar-refractivity contribution in [1.82, 2.24) is 4.98 Å². The second-order valence-corrected chi connectivity index (χ2v) is 4.85. The van der Waals surface area contributed by atoms with Crippen LogP contribution < -0.4 is 5.73 Å². The van der Waals surface area contributed by atoms with E-state index in [0.717, 1.165) is 30.2 Å². The minimum Gasteiger partial charge on any atom is -0.383 e. The predicted octanol–water partition coefficient (Wildman–Crippen LogP) is 2.80. The molecule has 0 amide bonds. The molecule has 4 heteroatoms. The quantitative estimate of drug-likeness (QED) is 0.840. The summed E-state index contributed by atoms with van der Waals surface area (Å²) in [5.41, 5.74) is 6.27. The first-order valence-electron chi connectivity index (χ1n) is 5.13. The fraction of sp³-hybridized carbons (Fsp3) is 0.455. The van der Waals surface area contributed by atoms with Crippen LogP contribution in [0.3, 0.4) is 0 Å². The molecule has 0 aromatic carbocycles. The second kappa shape index (κ2) is 4.31. The average Bonchev–Trinajstić information content (AvgIpc) is 2.74. The molecule has 2 N–H and O–H groups in total. The first-order valence-corrected chi connectivity index (χ1v) is 5.93. The molecule has 15 heavy (non-hydrogen) atoms. The zero-order valence-corrected chi connectivity index (χ0v) is 9.96. The van der Waals surface area contributed by atoms with Crippen LogP contribution in [-0.2, 0) is 0 Å². The first kappa shape index (κ1) is 10.6. The fourth-order valence-corrected chi connectivity index (χ4v) is 2.39. The Morgan fingerprint density at radius 3 is 2.80 bits per heavy atom. The summed E-state index contributed by atoms with van der Waals surface area (Å²) >= 11 is 3.30. The fourth-order valence-electron chi connectivity index (χ4n) is 2.06. The Hall–Kier alpha value is -0.900. The number of aromatic nitrogens is 1. The van der Waals surface area contributed by atoms with E-state index in [0.29, 0.717) is 11.4 Å². The number of nitrogens with zero attached hydrogens (tertiary/aromatic N) is 1. The summed E-state index contributed by atoms with van der Waals surface area (Å²) in [6, 6.07) is 1.77. The van der Waals surface area contributed by atoms with Gasteiger partial charge in [0.05, 0.1) is 5.56 Å². The number of anilines is 1. The summed E-state index contributed by atoms with van der Waals surface area (Å²) in [5.74, 6) is 0.650. The van der Waals surface area contributed by atoms with Gasteiger partial charge in [0.1, 0.15) is 5.82 Å². The lowest BCUT2D eigenvalue weighted by Crippen LogP contribution is -2.14. The van der Waals surface area contributed by atoms with E-state index in [-0.39, 0.29) is 11.7 Å². The van der Waals surface area contributed by atoms with Crippen molar-refractivity contribution in [2.24, 2.45) is 5.92 Å². The minimum absolute atomic E-state index is 0.152. The van der Waals surface area contributed by atoms with Gasteiger partial charge in [0.25, 0.3) is 0 Å². The van der Waals surface area contributed by atoms with Crippen molar-refractivity contribution in [2.75, 3.05) is 5.73 Å². The van der Waals surface area contributed by atoms with Gasteiger partial charge in [-0.25, -0.2) is 4.98 Å². The molecule has 2 rings (SSSR count). The van der Waals surface area contributed by atoms with E-state index in [1.807, 2.05) is 0 Å². The number of hydrogen-bond acceptors (Lipinski definition) is 3. The minimum atomic E-state index is 0.152. The normalized spacial score (nSPS) is 16.9. The highest BCUT2D eigenvalue weighted by molar-refractivity contribution is 9.10. The number of hydrogen-bond donors (Lipinski definition) is 1. The zero-order valence-electron chi connectivity index (χ0n) is 8.37. The topological polar surface area (TPSA) is 56.0 Å². The molecule has 1 aliphatic rings. The lowest BCUT2D eigenvalue weighted by Gasteiger charge is -2.09.